The summed E-state index contributed by atoms with van der Waals surface area (Å²) in [5.74, 6) is 2.02. The van der Waals surface area contributed by atoms with Crippen molar-refractivity contribution in [2.45, 2.75) is 6.54 Å². The molecular formula is C17H17NO4S. The van der Waals surface area contributed by atoms with Gasteiger partial charge < -0.3 is 18.6 Å². The Bertz CT molecular complexity index is 872. The van der Waals surface area contributed by atoms with Gasteiger partial charge in [-0.1, -0.05) is 12.1 Å². The summed E-state index contributed by atoms with van der Waals surface area (Å²) in [6.07, 6.45) is 0. The van der Waals surface area contributed by atoms with Gasteiger partial charge >= 0.3 is 0 Å². The lowest BCUT2D eigenvalue weighted by molar-refractivity contribution is 0.367. The summed E-state index contributed by atoms with van der Waals surface area (Å²) in [5, 5.41) is 0. The predicted octanol–water partition coefficient (Wildman–Crippen LogP) is 4.04. The number of aromatic nitrogens is 1. The zero-order valence-corrected chi connectivity index (χ0v) is 14.0. The largest absolute Gasteiger partial charge is 0.496 e. The van der Waals surface area contributed by atoms with Crippen LogP contribution in [0.4, 0.5) is 0 Å². The monoisotopic (exact) mass is 331 g/mol. The molecule has 0 amide bonds. The van der Waals surface area contributed by atoms with Crippen LogP contribution < -0.4 is 14.2 Å². The molecule has 3 aromatic rings. The fraction of sp³-hybridized carbons (Fsp3) is 0.235. The van der Waals surface area contributed by atoms with Crippen LogP contribution in [0.5, 0.6) is 17.2 Å². The van der Waals surface area contributed by atoms with Gasteiger partial charge in [-0.05, 0) is 24.4 Å². The van der Waals surface area contributed by atoms with Gasteiger partial charge in [0.15, 0.2) is 5.58 Å². The molecule has 0 saturated carbocycles. The van der Waals surface area contributed by atoms with Crippen molar-refractivity contribution in [3.63, 3.8) is 0 Å². The number of benzene rings is 2. The van der Waals surface area contributed by atoms with Gasteiger partial charge in [0.2, 0.25) is 0 Å². The van der Waals surface area contributed by atoms with Gasteiger partial charge in [-0.15, -0.1) is 0 Å². The minimum absolute atomic E-state index is 0.408. The van der Waals surface area contributed by atoms with Crippen molar-refractivity contribution >= 4 is 23.3 Å². The topological polar surface area (TPSA) is 45.8 Å². The van der Waals surface area contributed by atoms with E-state index < -0.39 is 0 Å². The van der Waals surface area contributed by atoms with Gasteiger partial charge in [-0.2, -0.15) is 0 Å². The van der Waals surface area contributed by atoms with Crippen LogP contribution >= 0.6 is 12.2 Å². The van der Waals surface area contributed by atoms with Crippen molar-refractivity contribution in [1.29, 1.82) is 0 Å². The maximum absolute atomic E-state index is 5.63. The minimum atomic E-state index is 0.408. The van der Waals surface area contributed by atoms with Crippen LogP contribution in [-0.4, -0.2) is 25.9 Å². The van der Waals surface area contributed by atoms with Crippen LogP contribution in [0.3, 0.4) is 0 Å². The van der Waals surface area contributed by atoms with Gasteiger partial charge in [0.1, 0.15) is 17.2 Å². The first-order valence-corrected chi connectivity index (χ1v) is 7.46. The fourth-order valence-electron chi connectivity index (χ4n) is 2.56. The first-order valence-electron chi connectivity index (χ1n) is 7.05. The number of rotatable bonds is 5. The second-order valence-corrected chi connectivity index (χ2v) is 5.28. The molecule has 0 aliphatic heterocycles. The fourth-order valence-corrected chi connectivity index (χ4v) is 2.81. The van der Waals surface area contributed by atoms with E-state index in [0.717, 1.165) is 16.7 Å². The Morgan fingerprint density at radius 3 is 2.26 bits per heavy atom. The number of hydrogen-bond donors (Lipinski definition) is 0. The molecule has 1 aromatic heterocycles. The van der Waals surface area contributed by atoms with Gasteiger partial charge in [0.25, 0.3) is 4.84 Å². The maximum atomic E-state index is 5.63. The van der Waals surface area contributed by atoms with Crippen molar-refractivity contribution in [2.24, 2.45) is 0 Å². The smallest absolute Gasteiger partial charge is 0.269 e. The number of para-hydroxylation sites is 2. The summed E-state index contributed by atoms with van der Waals surface area (Å²) in [4.78, 5) is 0.408. The molecule has 0 aliphatic rings. The third-order valence-electron chi connectivity index (χ3n) is 3.71. The van der Waals surface area contributed by atoms with Gasteiger partial charge in [-0.3, -0.25) is 4.57 Å². The Balaban J connectivity index is 2.15. The summed E-state index contributed by atoms with van der Waals surface area (Å²) in [5.41, 5.74) is 2.56. The highest BCUT2D eigenvalue weighted by molar-refractivity contribution is 7.71. The Morgan fingerprint density at radius 1 is 1.00 bits per heavy atom. The molecule has 0 unspecified atom stereocenters. The Morgan fingerprint density at radius 2 is 1.65 bits per heavy atom. The van der Waals surface area contributed by atoms with E-state index >= 15 is 0 Å². The van der Waals surface area contributed by atoms with Crippen LogP contribution in [0.25, 0.3) is 11.1 Å². The van der Waals surface area contributed by atoms with E-state index in [9.17, 15) is 0 Å². The van der Waals surface area contributed by atoms with Gasteiger partial charge in [-0.25, -0.2) is 0 Å². The molecule has 5 nitrogen and oxygen atoms in total. The average Bonchev–Trinajstić information content (AvgIpc) is 2.90. The van der Waals surface area contributed by atoms with Gasteiger partial charge in [0, 0.05) is 12.1 Å². The SMILES string of the molecule is COc1cc(OC)c(Cn2c(=S)oc3ccccc32)c(OC)c1. The van der Waals surface area contributed by atoms with Crippen molar-refractivity contribution in [3.05, 3.63) is 46.8 Å². The maximum Gasteiger partial charge on any atom is 0.269 e. The lowest BCUT2D eigenvalue weighted by atomic mass is 10.1. The highest BCUT2D eigenvalue weighted by atomic mass is 32.1. The second kappa shape index (κ2) is 6.34. The number of methoxy groups -OCH3 is 3. The molecular weight excluding hydrogens is 314 g/mol. The third-order valence-corrected chi connectivity index (χ3v) is 4.01. The molecule has 0 fully saturated rings. The van der Waals surface area contributed by atoms with Crippen LogP contribution in [0.15, 0.2) is 40.8 Å². The first-order chi connectivity index (χ1) is 11.2. The summed E-state index contributed by atoms with van der Waals surface area (Å²) in [6.45, 7) is 0.478. The van der Waals surface area contributed by atoms with Crippen molar-refractivity contribution < 1.29 is 18.6 Å². The molecule has 0 atom stereocenters. The van der Waals surface area contributed by atoms with E-state index in [4.69, 9.17) is 30.8 Å². The lowest BCUT2D eigenvalue weighted by Gasteiger charge is -2.15. The molecule has 0 aliphatic carbocycles. The Kier molecular flexibility index (Phi) is 4.25. The minimum Gasteiger partial charge on any atom is -0.496 e. The van der Waals surface area contributed by atoms with E-state index in [0.29, 0.717) is 28.6 Å². The third kappa shape index (κ3) is 2.77. The highest BCUT2D eigenvalue weighted by Gasteiger charge is 2.16. The van der Waals surface area contributed by atoms with E-state index in [1.165, 1.54) is 0 Å². The standard InChI is InChI=1S/C17H17NO4S/c1-19-11-8-15(20-2)12(16(9-11)21-3)10-18-13-6-4-5-7-14(13)22-17(18)23/h4-9H,10H2,1-3H3. The zero-order valence-electron chi connectivity index (χ0n) is 13.2. The molecule has 6 heteroatoms. The Hall–Kier alpha value is -2.47. The first kappa shape index (κ1) is 15.4. The quantitative estimate of drug-likeness (QED) is 0.660. The molecule has 3 rings (SSSR count). The summed E-state index contributed by atoms with van der Waals surface area (Å²) < 4.78 is 23.8. The van der Waals surface area contributed by atoms with Crippen molar-refractivity contribution in [1.82, 2.24) is 4.57 Å². The predicted molar refractivity (Wildman–Crippen MR) is 90.2 cm³/mol. The second-order valence-electron chi connectivity index (χ2n) is 4.93. The molecule has 0 N–H and O–H groups in total. The molecule has 23 heavy (non-hydrogen) atoms. The zero-order chi connectivity index (χ0) is 16.4. The average molecular weight is 331 g/mol. The highest BCUT2D eigenvalue weighted by Crippen LogP contribution is 2.35. The van der Waals surface area contributed by atoms with Gasteiger partial charge in [0.05, 0.1) is 39.0 Å². The number of nitrogens with zero attached hydrogens (tertiary/aromatic N) is 1. The van der Waals surface area contributed by atoms with Crippen LogP contribution in [0, 0.1) is 4.84 Å². The number of hydrogen-bond acceptors (Lipinski definition) is 5. The summed E-state index contributed by atoms with van der Waals surface area (Å²) >= 11 is 5.35. The molecule has 0 saturated heterocycles. The lowest BCUT2D eigenvalue weighted by Crippen LogP contribution is -2.04. The summed E-state index contributed by atoms with van der Waals surface area (Å²) in [6, 6.07) is 11.4. The number of ether oxygens (including phenoxy) is 3. The van der Waals surface area contributed by atoms with E-state index in [1.54, 1.807) is 21.3 Å². The van der Waals surface area contributed by atoms with Crippen LogP contribution in [-0.2, 0) is 6.54 Å². The molecule has 0 spiro atoms. The van der Waals surface area contributed by atoms with E-state index in [-0.39, 0.29) is 0 Å². The summed E-state index contributed by atoms with van der Waals surface area (Å²) in [7, 11) is 4.84. The molecule has 1 heterocycles. The van der Waals surface area contributed by atoms with Crippen LogP contribution in [0.1, 0.15) is 5.56 Å². The Labute approximate surface area is 139 Å². The normalized spacial score (nSPS) is 10.7. The molecule has 120 valence electrons. The molecule has 0 radical (unpaired) electrons. The molecule has 2 aromatic carbocycles. The van der Waals surface area contributed by atoms with Crippen molar-refractivity contribution in [3.8, 4) is 17.2 Å². The van der Waals surface area contributed by atoms with E-state index in [2.05, 4.69) is 0 Å². The molecule has 0 bridgehead atoms. The van der Waals surface area contributed by atoms with Crippen molar-refractivity contribution in [2.75, 3.05) is 21.3 Å². The van der Waals surface area contributed by atoms with E-state index in [1.807, 2.05) is 41.0 Å². The van der Waals surface area contributed by atoms with Crippen LogP contribution in [0.2, 0.25) is 0 Å². The number of oxazole rings is 1. The number of fused-ring (bicyclic) bond motifs is 1.